The van der Waals surface area contributed by atoms with Crippen molar-refractivity contribution in [2.24, 2.45) is 5.92 Å². The molecule has 2 aromatic carbocycles. The standard InChI is InChI=1S/C30H28ClF5N4O4/c1-29(2,44)15-3-5-19(10-15)37-28(43)23-12-22(38-27(42)14-7-16(30(34,35)36)9-18(33)8-14)26-25(39-24(41)13-40(23)26)20-11-17(32)4-6-21(20)31/h4,6-9,11-12,15,19,25,44H,3,5,10,13H2,1-2H3,(H,37,43)(H,38,42)(H,39,41)/t15-,19?,25+/m1/s1. The number of rotatable bonds is 6. The van der Waals surface area contributed by atoms with E-state index in [-0.39, 0.29) is 52.2 Å². The number of aliphatic hydroxyl groups is 1. The Labute approximate surface area is 253 Å². The number of anilines is 1. The number of nitrogens with one attached hydrogen (secondary N) is 3. The predicted octanol–water partition coefficient (Wildman–Crippen LogP) is 5.58. The summed E-state index contributed by atoms with van der Waals surface area (Å²) >= 11 is 6.35. The average Bonchev–Trinajstić information content (AvgIpc) is 3.54. The van der Waals surface area contributed by atoms with Crippen molar-refractivity contribution in [3.8, 4) is 0 Å². The normalized spacial score (nSPS) is 20.2. The van der Waals surface area contributed by atoms with Crippen LogP contribution in [-0.2, 0) is 17.5 Å². The quantitative estimate of drug-likeness (QED) is 0.264. The monoisotopic (exact) mass is 638 g/mol. The molecular formula is C30H28ClF5N4O4. The fraction of sp³-hybridized carbons (Fsp3) is 0.367. The molecule has 1 aliphatic heterocycles. The Morgan fingerprint density at radius 3 is 2.41 bits per heavy atom. The minimum absolute atomic E-state index is 0.0539. The lowest BCUT2D eigenvalue weighted by atomic mass is 9.89. The van der Waals surface area contributed by atoms with Crippen molar-refractivity contribution in [2.45, 2.75) is 63.5 Å². The van der Waals surface area contributed by atoms with Crippen molar-refractivity contribution in [2.75, 3.05) is 5.32 Å². The van der Waals surface area contributed by atoms with E-state index in [1.54, 1.807) is 13.8 Å². The van der Waals surface area contributed by atoms with Gasteiger partial charge in [0.1, 0.15) is 23.9 Å². The number of aromatic nitrogens is 1. The van der Waals surface area contributed by atoms with Crippen molar-refractivity contribution >= 4 is 35.0 Å². The first-order valence-corrected chi connectivity index (χ1v) is 14.1. The Morgan fingerprint density at radius 2 is 1.75 bits per heavy atom. The molecule has 2 aliphatic rings. The molecular weight excluding hydrogens is 611 g/mol. The van der Waals surface area contributed by atoms with Gasteiger partial charge in [-0.25, -0.2) is 8.78 Å². The SMILES string of the molecule is CC(C)(O)[C@@H]1CCC(NC(=O)c2cc(NC(=O)c3cc(F)cc(C(F)(F)F)c3)c3n2CC(=O)N[C@H]3c2cc(F)ccc2Cl)C1. The highest BCUT2D eigenvalue weighted by Gasteiger charge is 2.38. The van der Waals surface area contributed by atoms with Gasteiger partial charge in [0.05, 0.1) is 28.6 Å². The number of hydrogen-bond donors (Lipinski definition) is 4. The van der Waals surface area contributed by atoms with Crippen molar-refractivity contribution in [3.63, 3.8) is 0 Å². The first kappa shape index (κ1) is 31.5. The van der Waals surface area contributed by atoms with Crippen LogP contribution in [0, 0.1) is 17.6 Å². The fourth-order valence-electron chi connectivity index (χ4n) is 5.81. The number of carbonyl (C=O) groups is 3. The summed E-state index contributed by atoms with van der Waals surface area (Å²) in [6.07, 6.45) is -3.18. The molecule has 3 amide bonds. The minimum atomic E-state index is -4.92. The Balaban J connectivity index is 1.56. The fourth-order valence-corrected chi connectivity index (χ4v) is 6.03. The van der Waals surface area contributed by atoms with E-state index >= 15 is 0 Å². The van der Waals surface area contributed by atoms with Crippen molar-refractivity contribution in [1.29, 1.82) is 0 Å². The maximum Gasteiger partial charge on any atom is 0.416 e. The summed E-state index contributed by atoms with van der Waals surface area (Å²) in [5.74, 6) is -4.35. The van der Waals surface area contributed by atoms with Gasteiger partial charge in [-0.15, -0.1) is 0 Å². The molecule has 8 nitrogen and oxygen atoms in total. The first-order valence-electron chi connectivity index (χ1n) is 13.7. The molecule has 14 heteroatoms. The molecule has 1 fully saturated rings. The largest absolute Gasteiger partial charge is 0.416 e. The molecule has 44 heavy (non-hydrogen) atoms. The Bertz CT molecular complexity index is 1650. The number of hydrogen-bond acceptors (Lipinski definition) is 4. The highest BCUT2D eigenvalue weighted by molar-refractivity contribution is 6.31. The molecule has 0 radical (unpaired) electrons. The summed E-state index contributed by atoms with van der Waals surface area (Å²) < 4.78 is 69.6. The van der Waals surface area contributed by atoms with E-state index in [2.05, 4.69) is 16.0 Å². The van der Waals surface area contributed by atoms with Crippen molar-refractivity contribution < 1.29 is 41.4 Å². The number of benzene rings is 2. The molecule has 2 heterocycles. The Morgan fingerprint density at radius 1 is 1.02 bits per heavy atom. The molecule has 234 valence electrons. The van der Waals surface area contributed by atoms with E-state index in [1.807, 2.05) is 0 Å². The summed E-state index contributed by atoms with van der Waals surface area (Å²) in [4.78, 5) is 39.6. The molecule has 3 aromatic rings. The van der Waals surface area contributed by atoms with Gasteiger partial charge >= 0.3 is 6.18 Å². The van der Waals surface area contributed by atoms with E-state index in [4.69, 9.17) is 11.6 Å². The van der Waals surface area contributed by atoms with Gasteiger partial charge in [0, 0.05) is 22.2 Å². The summed E-state index contributed by atoms with van der Waals surface area (Å²) in [5, 5.41) is 18.4. The molecule has 4 N–H and O–H groups in total. The molecule has 1 unspecified atom stereocenters. The second-order valence-corrected chi connectivity index (χ2v) is 12.0. The van der Waals surface area contributed by atoms with Crippen LogP contribution < -0.4 is 16.0 Å². The third kappa shape index (κ3) is 6.43. The lowest BCUT2D eigenvalue weighted by molar-refractivity contribution is -0.137. The van der Waals surface area contributed by atoms with Crippen LogP contribution in [0.2, 0.25) is 5.02 Å². The van der Waals surface area contributed by atoms with Crippen LogP contribution in [0.3, 0.4) is 0 Å². The third-order valence-corrected chi connectivity index (χ3v) is 8.37. The van der Waals surface area contributed by atoms with Crippen LogP contribution in [0.15, 0.2) is 42.5 Å². The number of carbonyl (C=O) groups excluding carboxylic acids is 3. The van der Waals surface area contributed by atoms with Gasteiger partial charge in [-0.2, -0.15) is 13.2 Å². The van der Waals surface area contributed by atoms with E-state index in [0.29, 0.717) is 31.4 Å². The molecule has 1 aromatic heterocycles. The van der Waals surface area contributed by atoms with Crippen LogP contribution in [0.4, 0.5) is 27.6 Å². The summed E-state index contributed by atoms with van der Waals surface area (Å²) in [7, 11) is 0. The van der Waals surface area contributed by atoms with Gasteiger partial charge in [-0.1, -0.05) is 11.6 Å². The van der Waals surface area contributed by atoms with Gasteiger partial charge in [0.15, 0.2) is 0 Å². The highest BCUT2D eigenvalue weighted by atomic mass is 35.5. The molecule has 1 aliphatic carbocycles. The van der Waals surface area contributed by atoms with Gasteiger partial charge in [0.2, 0.25) is 5.91 Å². The van der Waals surface area contributed by atoms with Crippen LogP contribution in [0.5, 0.6) is 0 Å². The smallest absolute Gasteiger partial charge is 0.390 e. The zero-order valence-corrected chi connectivity index (χ0v) is 24.2. The zero-order valence-electron chi connectivity index (χ0n) is 23.5. The molecule has 1 saturated carbocycles. The molecule has 0 spiro atoms. The molecule has 3 atom stereocenters. The average molecular weight is 639 g/mol. The Hall–Kier alpha value is -3.97. The third-order valence-electron chi connectivity index (χ3n) is 8.02. The lowest BCUT2D eigenvalue weighted by Crippen LogP contribution is -2.42. The predicted molar refractivity (Wildman–Crippen MR) is 150 cm³/mol. The number of nitrogens with zero attached hydrogens (tertiary/aromatic N) is 1. The highest BCUT2D eigenvalue weighted by Crippen LogP contribution is 2.39. The number of alkyl halides is 3. The van der Waals surface area contributed by atoms with E-state index in [1.165, 1.54) is 16.7 Å². The lowest BCUT2D eigenvalue weighted by Gasteiger charge is -2.29. The second kappa shape index (κ2) is 11.5. The molecule has 5 rings (SSSR count). The maximum atomic E-state index is 14.3. The van der Waals surface area contributed by atoms with Crippen molar-refractivity contribution in [1.82, 2.24) is 15.2 Å². The van der Waals surface area contributed by atoms with Gasteiger partial charge < -0.3 is 25.6 Å². The first-order chi connectivity index (χ1) is 20.5. The summed E-state index contributed by atoms with van der Waals surface area (Å²) in [6.45, 7) is 2.99. The van der Waals surface area contributed by atoms with Crippen molar-refractivity contribution in [3.05, 3.63) is 87.2 Å². The topological polar surface area (TPSA) is 112 Å². The summed E-state index contributed by atoms with van der Waals surface area (Å²) in [6, 6.07) is 4.55. The van der Waals surface area contributed by atoms with E-state index in [9.17, 15) is 41.4 Å². The second-order valence-electron chi connectivity index (χ2n) is 11.6. The van der Waals surface area contributed by atoms with Crippen LogP contribution in [-0.4, -0.2) is 39.0 Å². The maximum absolute atomic E-state index is 14.3. The number of fused-ring (bicyclic) bond motifs is 1. The zero-order chi connectivity index (χ0) is 32.1. The number of halogens is 6. The van der Waals surface area contributed by atoms with Crippen LogP contribution in [0.1, 0.15) is 76.8 Å². The molecule has 0 bridgehead atoms. The minimum Gasteiger partial charge on any atom is -0.390 e. The number of amides is 3. The van der Waals surface area contributed by atoms with Gasteiger partial charge in [0.25, 0.3) is 11.8 Å². The van der Waals surface area contributed by atoms with Crippen LogP contribution in [0.25, 0.3) is 0 Å². The van der Waals surface area contributed by atoms with E-state index < -0.39 is 58.3 Å². The molecule has 0 saturated heterocycles. The van der Waals surface area contributed by atoms with E-state index in [0.717, 1.165) is 12.1 Å². The van der Waals surface area contributed by atoms with Gasteiger partial charge in [-0.05, 0) is 81.5 Å². The summed E-state index contributed by atoms with van der Waals surface area (Å²) in [5.41, 5.74) is -2.94. The van der Waals surface area contributed by atoms with Crippen LogP contribution >= 0.6 is 11.6 Å². The Kier molecular flexibility index (Phi) is 8.23. The van der Waals surface area contributed by atoms with Gasteiger partial charge in [-0.3, -0.25) is 14.4 Å².